The minimum Gasteiger partial charge on any atom is -0.351 e. The molecule has 1 aliphatic heterocycles. The van der Waals surface area contributed by atoms with Gasteiger partial charge in [-0.3, -0.25) is 4.79 Å². The van der Waals surface area contributed by atoms with Gasteiger partial charge < -0.3 is 5.73 Å². The average Bonchev–Trinajstić information content (AvgIpc) is 2.59. The molecule has 1 aromatic rings. The Morgan fingerprint density at radius 3 is 2.10 bits per heavy atom. The van der Waals surface area contributed by atoms with Crippen molar-refractivity contribution in [2.45, 2.75) is 19.9 Å². The number of amides is 5. The van der Waals surface area contributed by atoms with Crippen LogP contribution in [0.4, 0.5) is 15.3 Å². The lowest BCUT2D eigenvalue weighted by Crippen LogP contribution is -2.46. The molecule has 0 aliphatic carbocycles. The maximum Gasteiger partial charge on any atom is 0.340 e. The van der Waals surface area contributed by atoms with E-state index in [9.17, 15) is 14.4 Å². The van der Waals surface area contributed by atoms with Crippen LogP contribution in [0.15, 0.2) is 18.2 Å². The fourth-order valence-electron chi connectivity index (χ4n) is 2.28. The lowest BCUT2D eigenvalue weighted by atomic mass is 10.0. The van der Waals surface area contributed by atoms with Gasteiger partial charge in [-0.15, -0.1) is 0 Å². The molecule has 2 rings (SSSR count). The second-order valence-corrected chi connectivity index (χ2v) is 5.85. The molecule has 0 radical (unpaired) electrons. The Morgan fingerprint density at radius 2 is 1.71 bits per heavy atom. The highest BCUT2D eigenvalue weighted by atomic mass is 35.5. The number of carbonyl (C=O) groups is 3. The molecule has 112 valence electrons. The molecule has 5 amide bonds. The lowest BCUT2D eigenvalue weighted by molar-refractivity contribution is -0.120. The van der Waals surface area contributed by atoms with Crippen LogP contribution in [-0.2, 0) is 4.79 Å². The van der Waals surface area contributed by atoms with Crippen LogP contribution >= 0.6 is 23.2 Å². The molecule has 1 heterocycles. The van der Waals surface area contributed by atoms with Gasteiger partial charge in [-0.2, -0.15) is 0 Å². The number of urea groups is 2. The Hall–Kier alpha value is -1.79. The third kappa shape index (κ3) is 2.69. The van der Waals surface area contributed by atoms with Gasteiger partial charge in [-0.05, 0) is 24.1 Å². The normalized spacial score (nSPS) is 18.8. The number of anilines is 1. The Labute approximate surface area is 131 Å². The van der Waals surface area contributed by atoms with Crippen LogP contribution < -0.4 is 10.6 Å². The Morgan fingerprint density at radius 1 is 1.19 bits per heavy atom. The van der Waals surface area contributed by atoms with Crippen molar-refractivity contribution in [1.29, 1.82) is 0 Å². The summed E-state index contributed by atoms with van der Waals surface area (Å²) in [6.07, 6.45) is 0. The van der Waals surface area contributed by atoms with Crippen molar-refractivity contribution in [2.24, 2.45) is 11.7 Å². The van der Waals surface area contributed by atoms with Gasteiger partial charge >= 0.3 is 12.1 Å². The van der Waals surface area contributed by atoms with Gasteiger partial charge in [0.25, 0.3) is 5.91 Å². The van der Waals surface area contributed by atoms with E-state index in [4.69, 9.17) is 28.9 Å². The van der Waals surface area contributed by atoms with E-state index >= 15 is 0 Å². The summed E-state index contributed by atoms with van der Waals surface area (Å²) in [5.41, 5.74) is 5.42. The first kappa shape index (κ1) is 15.6. The first-order valence-corrected chi connectivity index (χ1v) is 6.92. The summed E-state index contributed by atoms with van der Waals surface area (Å²) < 4.78 is 0. The molecule has 1 fully saturated rings. The molecule has 1 aliphatic rings. The van der Waals surface area contributed by atoms with E-state index in [0.717, 1.165) is 9.80 Å². The van der Waals surface area contributed by atoms with E-state index in [-0.39, 0.29) is 21.7 Å². The second kappa shape index (κ2) is 5.54. The molecule has 0 aromatic heterocycles. The third-order valence-electron chi connectivity index (χ3n) is 3.12. The van der Waals surface area contributed by atoms with Crippen LogP contribution in [0, 0.1) is 5.92 Å². The van der Waals surface area contributed by atoms with Crippen molar-refractivity contribution in [3.8, 4) is 0 Å². The number of nitrogens with two attached hydrogens (primary N) is 1. The molecule has 2 N–H and O–H groups in total. The van der Waals surface area contributed by atoms with Crippen molar-refractivity contribution in [3.63, 3.8) is 0 Å². The Bertz CT molecular complexity index is 613. The smallest absolute Gasteiger partial charge is 0.340 e. The van der Waals surface area contributed by atoms with E-state index in [2.05, 4.69) is 0 Å². The highest BCUT2D eigenvalue weighted by molar-refractivity contribution is 6.36. The van der Waals surface area contributed by atoms with Gasteiger partial charge in [0.1, 0.15) is 6.04 Å². The number of halogens is 2. The lowest BCUT2D eigenvalue weighted by Gasteiger charge is -2.19. The van der Waals surface area contributed by atoms with Crippen LogP contribution in [0.25, 0.3) is 0 Å². The van der Waals surface area contributed by atoms with Crippen LogP contribution in [0.3, 0.4) is 0 Å². The van der Waals surface area contributed by atoms with E-state index in [0.29, 0.717) is 0 Å². The van der Waals surface area contributed by atoms with Crippen molar-refractivity contribution in [3.05, 3.63) is 28.2 Å². The molecule has 0 bridgehead atoms. The molecule has 0 spiro atoms. The second-order valence-electron chi connectivity index (χ2n) is 4.98. The Balaban J connectivity index is 2.52. The average molecular weight is 330 g/mol. The number of imide groups is 2. The zero-order valence-electron chi connectivity index (χ0n) is 11.3. The number of rotatable bonds is 2. The number of hydrogen-bond donors (Lipinski definition) is 1. The van der Waals surface area contributed by atoms with Crippen LogP contribution in [0.2, 0.25) is 10.0 Å². The number of hydrogen-bond acceptors (Lipinski definition) is 3. The van der Waals surface area contributed by atoms with Crippen molar-refractivity contribution in [2.75, 3.05) is 4.90 Å². The van der Waals surface area contributed by atoms with Gasteiger partial charge in [0, 0.05) is 10.0 Å². The predicted octanol–water partition coefficient (Wildman–Crippen LogP) is 2.87. The summed E-state index contributed by atoms with van der Waals surface area (Å²) in [6.45, 7) is 3.44. The summed E-state index contributed by atoms with van der Waals surface area (Å²) in [6, 6.07) is 1.61. The van der Waals surface area contributed by atoms with E-state index in [1.807, 2.05) is 0 Å². The zero-order valence-corrected chi connectivity index (χ0v) is 12.9. The van der Waals surface area contributed by atoms with Gasteiger partial charge in [0.15, 0.2) is 0 Å². The first-order valence-electron chi connectivity index (χ1n) is 6.16. The molecule has 8 heteroatoms. The molecule has 1 unspecified atom stereocenters. The quantitative estimate of drug-likeness (QED) is 0.846. The largest absolute Gasteiger partial charge is 0.351 e. The summed E-state index contributed by atoms with van der Waals surface area (Å²) in [5, 5.41) is 0.549. The zero-order chi connectivity index (χ0) is 15.9. The summed E-state index contributed by atoms with van der Waals surface area (Å²) in [4.78, 5) is 37.9. The van der Waals surface area contributed by atoms with Gasteiger partial charge in [-0.1, -0.05) is 37.0 Å². The summed E-state index contributed by atoms with van der Waals surface area (Å²) >= 11 is 11.8. The third-order valence-corrected chi connectivity index (χ3v) is 3.56. The Kier molecular flexibility index (Phi) is 4.11. The standard InChI is InChI=1S/C13H13Cl2N3O3/c1-6(2)10-11(19)17(13(21)18(10)12(16)20)9-4-7(14)3-8(15)5-9/h3-6,10H,1-2H3,(H2,16,20). The molecule has 1 saturated heterocycles. The first-order chi connectivity index (χ1) is 9.73. The minimum absolute atomic E-state index is 0.205. The van der Waals surface area contributed by atoms with Gasteiger partial charge in [0.2, 0.25) is 0 Å². The highest BCUT2D eigenvalue weighted by Gasteiger charge is 2.49. The molecule has 1 atom stereocenters. The molecular weight excluding hydrogens is 317 g/mol. The molecule has 6 nitrogen and oxygen atoms in total. The van der Waals surface area contributed by atoms with E-state index in [1.54, 1.807) is 13.8 Å². The predicted molar refractivity (Wildman–Crippen MR) is 79.4 cm³/mol. The number of nitrogens with zero attached hydrogens (tertiary/aromatic N) is 2. The fraction of sp³-hybridized carbons (Fsp3) is 0.308. The number of primary amides is 1. The van der Waals surface area contributed by atoms with Crippen LogP contribution in [0.5, 0.6) is 0 Å². The maximum atomic E-state index is 12.5. The number of benzene rings is 1. The molecular formula is C13H13Cl2N3O3. The topological polar surface area (TPSA) is 83.7 Å². The molecule has 21 heavy (non-hydrogen) atoms. The van der Waals surface area contributed by atoms with Gasteiger partial charge in [0.05, 0.1) is 5.69 Å². The maximum absolute atomic E-state index is 12.5. The summed E-state index contributed by atoms with van der Waals surface area (Å²) in [5.74, 6) is -0.805. The minimum atomic E-state index is -0.970. The monoisotopic (exact) mass is 329 g/mol. The van der Waals surface area contributed by atoms with E-state index in [1.165, 1.54) is 18.2 Å². The van der Waals surface area contributed by atoms with Crippen molar-refractivity contribution >= 4 is 46.9 Å². The van der Waals surface area contributed by atoms with Crippen molar-refractivity contribution in [1.82, 2.24) is 4.90 Å². The molecule has 1 aromatic carbocycles. The van der Waals surface area contributed by atoms with Crippen LogP contribution in [-0.4, -0.2) is 28.9 Å². The fourth-order valence-corrected chi connectivity index (χ4v) is 2.80. The number of carbonyl (C=O) groups excluding carboxylic acids is 3. The van der Waals surface area contributed by atoms with Gasteiger partial charge in [-0.25, -0.2) is 19.4 Å². The highest BCUT2D eigenvalue weighted by Crippen LogP contribution is 2.32. The van der Waals surface area contributed by atoms with Crippen LogP contribution in [0.1, 0.15) is 13.8 Å². The molecule has 0 saturated carbocycles. The summed E-state index contributed by atoms with van der Waals surface area (Å²) in [7, 11) is 0. The van der Waals surface area contributed by atoms with Crippen molar-refractivity contribution < 1.29 is 14.4 Å². The van der Waals surface area contributed by atoms with E-state index < -0.39 is 24.0 Å². The SMILES string of the molecule is CC(C)C1C(=O)N(c2cc(Cl)cc(Cl)c2)C(=O)N1C(N)=O.